The van der Waals surface area contributed by atoms with Crippen LogP contribution >= 0.6 is 0 Å². The topological polar surface area (TPSA) is 12.0 Å². The molecule has 1 aliphatic heterocycles. The van der Waals surface area contributed by atoms with Crippen molar-refractivity contribution in [3.63, 3.8) is 0 Å². The molecule has 0 aromatic heterocycles. The SMILES string of the molecule is CCCC1NCC1(C)C. The third-order valence-electron chi connectivity index (χ3n) is 2.32. The normalized spacial score (nSPS) is 31.7. The second kappa shape index (κ2) is 2.30. The Morgan fingerprint density at radius 1 is 1.56 bits per heavy atom. The zero-order chi connectivity index (χ0) is 6.91. The number of hydrogen-bond acceptors (Lipinski definition) is 1. The van der Waals surface area contributed by atoms with E-state index >= 15 is 0 Å². The van der Waals surface area contributed by atoms with Crippen molar-refractivity contribution in [1.82, 2.24) is 5.32 Å². The van der Waals surface area contributed by atoms with Crippen LogP contribution in [-0.4, -0.2) is 12.6 Å². The molecule has 0 saturated carbocycles. The minimum Gasteiger partial charge on any atom is -0.313 e. The first kappa shape index (κ1) is 7.07. The van der Waals surface area contributed by atoms with Crippen molar-refractivity contribution in [1.29, 1.82) is 0 Å². The Balaban J connectivity index is 2.28. The maximum absolute atomic E-state index is 3.44. The summed E-state index contributed by atoms with van der Waals surface area (Å²) >= 11 is 0. The van der Waals surface area contributed by atoms with Crippen LogP contribution in [0, 0.1) is 5.41 Å². The molecule has 1 heterocycles. The molecule has 0 aromatic rings. The van der Waals surface area contributed by atoms with Crippen molar-refractivity contribution in [3.8, 4) is 0 Å². The monoisotopic (exact) mass is 127 g/mol. The molecule has 0 amide bonds. The molecule has 0 spiro atoms. The smallest absolute Gasteiger partial charge is 0.0130 e. The lowest BCUT2D eigenvalue weighted by molar-refractivity contribution is 0.118. The third-order valence-corrected chi connectivity index (χ3v) is 2.32. The Morgan fingerprint density at radius 3 is 2.33 bits per heavy atom. The van der Waals surface area contributed by atoms with E-state index in [0.717, 1.165) is 6.04 Å². The van der Waals surface area contributed by atoms with Crippen molar-refractivity contribution in [3.05, 3.63) is 0 Å². The predicted octanol–water partition coefficient (Wildman–Crippen LogP) is 1.78. The molecular formula is C8H17N. The van der Waals surface area contributed by atoms with E-state index in [4.69, 9.17) is 0 Å². The zero-order valence-electron chi connectivity index (χ0n) is 6.70. The van der Waals surface area contributed by atoms with Crippen molar-refractivity contribution in [2.45, 2.75) is 39.7 Å². The van der Waals surface area contributed by atoms with E-state index in [-0.39, 0.29) is 0 Å². The fraction of sp³-hybridized carbons (Fsp3) is 1.00. The average molecular weight is 127 g/mol. The van der Waals surface area contributed by atoms with E-state index in [1.807, 2.05) is 0 Å². The van der Waals surface area contributed by atoms with Gasteiger partial charge in [-0.25, -0.2) is 0 Å². The van der Waals surface area contributed by atoms with Crippen LogP contribution < -0.4 is 5.32 Å². The molecule has 0 radical (unpaired) electrons. The molecule has 1 N–H and O–H groups in total. The highest BCUT2D eigenvalue weighted by atomic mass is 15.0. The van der Waals surface area contributed by atoms with Crippen molar-refractivity contribution >= 4 is 0 Å². The molecule has 0 bridgehead atoms. The minimum atomic E-state index is 0.579. The first-order valence-corrected chi connectivity index (χ1v) is 3.90. The number of rotatable bonds is 2. The van der Waals surface area contributed by atoms with Gasteiger partial charge in [0.05, 0.1) is 0 Å². The van der Waals surface area contributed by atoms with Gasteiger partial charge in [0.1, 0.15) is 0 Å². The van der Waals surface area contributed by atoms with Gasteiger partial charge >= 0.3 is 0 Å². The van der Waals surface area contributed by atoms with Crippen LogP contribution in [0.1, 0.15) is 33.6 Å². The molecule has 1 heteroatoms. The van der Waals surface area contributed by atoms with E-state index in [2.05, 4.69) is 26.1 Å². The lowest BCUT2D eigenvalue weighted by Gasteiger charge is -2.45. The quantitative estimate of drug-likeness (QED) is 0.596. The van der Waals surface area contributed by atoms with Gasteiger partial charge < -0.3 is 5.32 Å². The van der Waals surface area contributed by atoms with Crippen LogP contribution in [0.3, 0.4) is 0 Å². The highest BCUT2D eigenvalue weighted by Gasteiger charge is 2.36. The summed E-state index contributed by atoms with van der Waals surface area (Å²) in [5.74, 6) is 0. The summed E-state index contributed by atoms with van der Waals surface area (Å²) in [6, 6.07) is 0.794. The Kier molecular flexibility index (Phi) is 1.80. The minimum absolute atomic E-state index is 0.579. The Bertz CT molecular complexity index is 96.7. The second-order valence-corrected chi connectivity index (χ2v) is 3.71. The highest BCUT2D eigenvalue weighted by Crippen LogP contribution is 2.30. The summed E-state index contributed by atoms with van der Waals surface area (Å²) < 4.78 is 0. The van der Waals surface area contributed by atoms with E-state index in [9.17, 15) is 0 Å². The fourth-order valence-electron chi connectivity index (χ4n) is 1.44. The lowest BCUT2D eigenvalue weighted by Crippen LogP contribution is -2.59. The number of nitrogens with one attached hydrogen (secondary N) is 1. The van der Waals surface area contributed by atoms with Gasteiger partial charge in [-0.15, -0.1) is 0 Å². The standard InChI is InChI=1S/C8H17N/c1-4-5-7-8(2,3)6-9-7/h7,9H,4-6H2,1-3H3. The van der Waals surface area contributed by atoms with Crippen LogP contribution in [-0.2, 0) is 0 Å². The van der Waals surface area contributed by atoms with Gasteiger partial charge in [0.25, 0.3) is 0 Å². The fourth-order valence-corrected chi connectivity index (χ4v) is 1.44. The molecule has 1 aliphatic rings. The molecule has 1 atom stereocenters. The van der Waals surface area contributed by atoms with E-state index in [0.29, 0.717) is 5.41 Å². The highest BCUT2D eigenvalue weighted by molar-refractivity contribution is 4.94. The summed E-state index contributed by atoms with van der Waals surface area (Å²) in [7, 11) is 0. The number of hydrogen-bond donors (Lipinski definition) is 1. The van der Waals surface area contributed by atoms with Crippen LogP contribution in [0.15, 0.2) is 0 Å². The van der Waals surface area contributed by atoms with Gasteiger partial charge in [0.2, 0.25) is 0 Å². The van der Waals surface area contributed by atoms with Crippen LogP contribution in [0.5, 0.6) is 0 Å². The molecule has 1 unspecified atom stereocenters. The second-order valence-electron chi connectivity index (χ2n) is 3.71. The summed E-state index contributed by atoms with van der Waals surface area (Å²) in [5, 5.41) is 3.44. The van der Waals surface area contributed by atoms with Crippen molar-refractivity contribution < 1.29 is 0 Å². The summed E-state index contributed by atoms with van der Waals surface area (Å²) in [5.41, 5.74) is 0.579. The van der Waals surface area contributed by atoms with E-state index in [1.54, 1.807) is 0 Å². The maximum Gasteiger partial charge on any atom is 0.0130 e. The van der Waals surface area contributed by atoms with Crippen LogP contribution in [0.25, 0.3) is 0 Å². The van der Waals surface area contributed by atoms with Gasteiger partial charge in [-0.3, -0.25) is 0 Å². The molecule has 54 valence electrons. The Hall–Kier alpha value is -0.0400. The average Bonchev–Trinajstić information content (AvgIpc) is 1.81. The van der Waals surface area contributed by atoms with Gasteiger partial charge in [-0.05, 0) is 11.8 Å². The van der Waals surface area contributed by atoms with E-state index < -0.39 is 0 Å². The summed E-state index contributed by atoms with van der Waals surface area (Å²) in [4.78, 5) is 0. The lowest BCUT2D eigenvalue weighted by atomic mass is 9.75. The van der Waals surface area contributed by atoms with Crippen LogP contribution in [0.4, 0.5) is 0 Å². The first-order chi connectivity index (χ1) is 4.17. The van der Waals surface area contributed by atoms with Gasteiger partial charge in [0, 0.05) is 12.6 Å². The first-order valence-electron chi connectivity index (χ1n) is 3.90. The zero-order valence-corrected chi connectivity index (χ0v) is 6.70. The maximum atomic E-state index is 3.44. The largest absolute Gasteiger partial charge is 0.313 e. The summed E-state index contributed by atoms with van der Waals surface area (Å²) in [6.07, 6.45) is 2.65. The summed E-state index contributed by atoms with van der Waals surface area (Å²) in [6.45, 7) is 8.13. The molecule has 0 aliphatic carbocycles. The van der Waals surface area contributed by atoms with E-state index in [1.165, 1.54) is 19.4 Å². The molecule has 0 aromatic carbocycles. The predicted molar refractivity (Wildman–Crippen MR) is 40.5 cm³/mol. The molecule has 1 saturated heterocycles. The molecular weight excluding hydrogens is 110 g/mol. The molecule has 9 heavy (non-hydrogen) atoms. The van der Waals surface area contributed by atoms with Gasteiger partial charge in [-0.1, -0.05) is 27.2 Å². The molecule has 1 fully saturated rings. The molecule has 1 nitrogen and oxygen atoms in total. The van der Waals surface area contributed by atoms with Gasteiger partial charge in [-0.2, -0.15) is 0 Å². The third kappa shape index (κ3) is 1.26. The van der Waals surface area contributed by atoms with Gasteiger partial charge in [0.15, 0.2) is 0 Å². The Morgan fingerprint density at radius 2 is 2.22 bits per heavy atom. The van der Waals surface area contributed by atoms with Crippen molar-refractivity contribution in [2.75, 3.05) is 6.54 Å². The van der Waals surface area contributed by atoms with Crippen molar-refractivity contribution in [2.24, 2.45) is 5.41 Å². The van der Waals surface area contributed by atoms with Crippen LogP contribution in [0.2, 0.25) is 0 Å². The Labute approximate surface area is 57.8 Å². The molecule has 1 rings (SSSR count).